The maximum atomic E-state index is 11.1. The minimum atomic E-state index is -0.930. The number of hydrogen-bond acceptors (Lipinski definition) is 2. The fourth-order valence-corrected chi connectivity index (χ4v) is 3.52. The molecule has 3 aromatic rings. The summed E-state index contributed by atoms with van der Waals surface area (Å²) in [5.41, 5.74) is 4.61. The van der Waals surface area contributed by atoms with Gasteiger partial charge in [0.05, 0.1) is 5.56 Å². The fourth-order valence-electron chi connectivity index (χ4n) is 3.01. The van der Waals surface area contributed by atoms with E-state index in [0.29, 0.717) is 18.2 Å². The monoisotopic (exact) mass is 482 g/mol. The highest BCUT2D eigenvalue weighted by atomic mass is 79.9. The van der Waals surface area contributed by atoms with Gasteiger partial charge in [-0.1, -0.05) is 59.3 Å². The number of carboxylic acid groups (broad SMARTS) is 1. The lowest BCUT2D eigenvalue weighted by Gasteiger charge is -2.26. The highest BCUT2D eigenvalue weighted by Gasteiger charge is 2.13. The number of carbonyl (C=O) groups is 1. The minimum Gasteiger partial charge on any atom is -0.478 e. The summed E-state index contributed by atoms with van der Waals surface area (Å²) in [7, 11) is 0. The predicted octanol–water partition coefficient (Wildman–Crippen LogP) is 6.11. The first kappa shape index (κ1) is 22.0. The lowest BCUT2D eigenvalue weighted by atomic mass is 10.1. The van der Waals surface area contributed by atoms with Crippen molar-refractivity contribution in [2.45, 2.75) is 26.4 Å². The molecule has 0 aliphatic rings. The van der Waals surface area contributed by atoms with E-state index in [-0.39, 0.29) is 5.56 Å². The maximum absolute atomic E-state index is 11.1. The predicted molar refractivity (Wildman–Crippen MR) is 129 cm³/mol. The van der Waals surface area contributed by atoms with Crippen LogP contribution in [0.15, 0.2) is 77.3 Å². The summed E-state index contributed by atoms with van der Waals surface area (Å²) in [6.45, 7) is 3.32. The normalized spacial score (nSPS) is 10.5. The Morgan fingerprint density at radius 1 is 0.900 bits per heavy atom. The van der Waals surface area contributed by atoms with Crippen LogP contribution in [-0.4, -0.2) is 21.1 Å². The molecule has 6 heteroatoms. The van der Waals surface area contributed by atoms with Crippen LogP contribution in [0.25, 0.3) is 0 Å². The molecule has 30 heavy (non-hydrogen) atoms. The highest BCUT2D eigenvalue weighted by molar-refractivity contribution is 9.10. The lowest BCUT2D eigenvalue weighted by molar-refractivity contribution is 0.0697. The molecule has 3 rings (SSSR count). The van der Waals surface area contributed by atoms with E-state index >= 15 is 0 Å². The van der Waals surface area contributed by atoms with Gasteiger partial charge in [-0.2, -0.15) is 0 Å². The molecule has 0 saturated heterocycles. The van der Waals surface area contributed by atoms with Crippen LogP contribution < -0.4 is 5.32 Å². The van der Waals surface area contributed by atoms with Gasteiger partial charge in [0.15, 0.2) is 5.11 Å². The average Bonchev–Trinajstić information content (AvgIpc) is 2.75. The van der Waals surface area contributed by atoms with Gasteiger partial charge in [0, 0.05) is 23.2 Å². The summed E-state index contributed by atoms with van der Waals surface area (Å²) in [4.78, 5) is 13.2. The van der Waals surface area contributed by atoms with Crippen molar-refractivity contribution in [2.24, 2.45) is 0 Å². The van der Waals surface area contributed by atoms with Crippen molar-refractivity contribution in [1.82, 2.24) is 4.90 Å². The van der Waals surface area contributed by atoms with E-state index in [4.69, 9.17) is 17.3 Å². The van der Waals surface area contributed by atoms with E-state index < -0.39 is 5.97 Å². The minimum absolute atomic E-state index is 0.273. The molecule has 3 aromatic carbocycles. The van der Waals surface area contributed by atoms with Crippen LogP contribution >= 0.6 is 28.1 Å². The molecule has 0 atom stereocenters. The highest BCUT2D eigenvalue weighted by Crippen LogP contribution is 2.17. The molecule has 4 nitrogen and oxygen atoms in total. The Kier molecular flexibility index (Phi) is 7.60. The number of aromatic carboxylic acids is 1. The second kappa shape index (κ2) is 10.4. The number of halogens is 1. The molecular formula is C24H23BrN2O2S. The molecule has 154 valence electrons. The number of aryl methyl sites for hydroxylation is 1. The Labute approximate surface area is 190 Å². The smallest absolute Gasteiger partial charge is 0.335 e. The van der Waals surface area contributed by atoms with Crippen molar-refractivity contribution in [1.29, 1.82) is 0 Å². The molecule has 0 aromatic heterocycles. The fraction of sp³-hybridized carbons (Fsp3) is 0.167. The lowest BCUT2D eigenvalue weighted by Crippen LogP contribution is -2.33. The SMILES string of the molecule is CCc1ccc(NC(=S)N(Cc2ccc(Br)cc2)Cc2ccc(C(=O)O)cc2)cc1. The third-order valence-corrected chi connectivity index (χ3v) is 5.65. The van der Waals surface area contributed by atoms with E-state index in [1.807, 2.05) is 36.4 Å². The quantitative estimate of drug-likeness (QED) is 0.397. The van der Waals surface area contributed by atoms with Crippen LogP contribution in [0.2, 0.25) is 0 Å². The third kappa shape index (κ3) is 6.15. The molecule has 0 bridgehead atoms. The number of nitrogens with one attached hydrogen (secondary N) is 1. The Morgan fingerprint density at radius 2 is 1.40 bits per heavy atom. The van der Waals surface area contributed by atoms with E-state index in [9.17, 15) is 4.79 Å². The number of hydrogen-bond donors (Lipinski definition) is 2. The van der Waals surface area contributed by atoms with Crippen molar-refractivity contribution in [3.63, 3.8) is 0 Å². The Bertz CT molecular complexity index is 1000. The van der Waals surface area contributed by atoms with E-state index in [1.54, 1.807) is 12.1 Å². The first-order valence-electron chi connectivity index (χ1n) is 9.66. The van der Waals surface area contributed by atoms with Gasteiger partial charge in [-0.25, -0.2) is 4.79 Å². The van der Waals surface area contributed by atoms with Crippen LogP contribution in [0.4, 0.5) is 5.69 Å². The largest absolute Gasteiger partial charge is 0.478 e. The number of anilines is 1. The molecule has 0 aliphatic heterocycles. The molecule has 0 spiro atoms. The second-order valence-electron chi connectivity index (χ2n) is 6.97. The van der Waals surface area contributed by atoms with E-state index in [2.05, 4.69) is 57.3 Å². The summed E-state index contributed by atoms with van der Waals surface area (Å²) >= 11 is 9.19. The van der Waals surface area contributed by atoms with E-state index in [1.165, 1.54) is 5.56 Å². The summed E-state index contributed by atoms with van der Waals surface area (Å²) in [6.07, 6.45) is 0.993. The molecule has 0 amide bonds. The molecular weight excluding hydrogens is 460 g/mol. The molecule has 0 radical (unpaired) electrons. The van der Waals surface area contributed by atoms with Crippen molar-refractivity contribution in [3.8, 4) is 0 Å². The maximum Gasteiger partial charge on any atom is 0.335 e. The first-order chi connectivity index (χ1) is 14.4. The van der Waals surface area contributed by atoms with Gasteiger partial charge in [0.1, 0.15) is 0 Å². The third-order valence-electron chi connectivity index (χ3n) is 4.76. The average molecular weight is 483 g/mol. The Balaban J connectivity index is 1.78. The molecule has 0 fully saturated rings. The van der Waals surface area contributed by atoms with Gasteiger partial charge in [0.25, 0.3) is 0 Å². The van der Waals surface area contributed by atoms with Gasteiger partial charge in [0.2, 0.25) is 0 Å². The van der Waals surface area contributed by atoms with Gasteiger partial charge in [-0.05, 0) is 71.7 Å². The zero-order valence-electron chi connectivity index (χ0n) is 16.6. The molecule has 0 saturated carbocycles. The zero-order valence-corrected chi connectivity index (χ0v) is 19.0. The van der Waals surface area contributed by atoms with Crippen LogP contribution in [0, 0.1) is 0 Å². The molecule has 2 N–H and O–H groups in total. The summed E-state index contributed by atoms with van der Waals surface area (Å²) in [5.74, 6) is -0.930. The van der Waals surface area contributed by atoms with E-state index in [0.717, 1.165) is 27.7 Å². The molecule has 0 aliphatic carbocycles. The summed E-state index contributed by atoms with van der Waals surface area (Å²) in [6, 6.07) is 23.3. The summed E-state index contributed by atoms with van der Waals surface area (Å²) in [5, 5.41) is 13.1. The van der Waals surface area contributed by atoms with Gasteiger partial charge in [-0.3, -0.25) is 0 Å². The van der Waals surface area contributed by atoms with Crippen LogP contribution in [0.5, 0.6) is 0 Å². The summed E-state index contributed by atoms with van der Waals surface area (Å²) < 4.78 is 1.03. The van der Waals surface area contributed by atoms with Gasteiger partial charge < -0.3 is 15.3 Å². The first-order valence-corrected chi connectivity index (χ1v) is 10.9. The standard InChI is InChI=1S/C24H23BrN2O2S/c1-2-17-7-13-22(14-8-17)26-24(30)27(16-19-5-11-21(25)12-6-19)15-18-3-9-20(10-4-18)23(28)29/h3-14H,2,15-16H2,1H3,(H,26,30)(H,28,29). The van der Waals surface area contributed by atoms with Crippen molar-refractivity contribution < 1.29 is 9.90 Å². The molecule has 0 unspecified atom stereocenters. The van der Waals surface area contributed by atoms with Gasteiger partial charge in [-0.15, -0.1) is 0 Å². The number of thiocarbonyl (C=S) groups is 1. The Morgan fingerprint density at radius 3 is 1.90 bits per heavy atom. The Hall–Kier alpha value is -2.70. The number of nitrogens with zero attached hydrogens (tertiary/aromatic N) is 1. The number of rotatable bonds is 7. The van der Waals surface area contributed by atoms with Gasteiger partial charge >= 0.3 is 5.97 Å². The van der Waals surface area contributed by atoms with Crippen LogP contribution in [0.1, 0.15) is 34.0 Å². The molecule has 0 heterocycles. The van der Waals surface area contributed by atoms with Crippen molar-refractivity contribution >= 4 is 44.9 Å². The number of carboxylic acids is 1. The number of benzene rings is 3. The van der Waals surface area contributed by atoms with Crippen molar-refractivity contribution in [3.05, 3.63) is 99.5 Å². The second-order valence-corrected chi connectivity index (χ2v) is 8.27. The zero-order chi connectivity index (χ0) is 21.5. The topological polar surface area (TPSA) is 52.6 Å². The van der Waals surface area contributed by atoms with Crippen LogP contribution in [-0.2, 0) is 19.5 Å². The van der Waals surface area contributed by atoms with Crippen LogP contribution in [0.3, 0.4) is 0 Å². The van der Waals surface area contributed by atoms with Crippen molar-refractivity contribution in [2.75, 3.05) is 5.32 Å².